The summed E-state index contributed by atoms with van der Waals surface area (Å²) in [6.45, 7) is 2.09. The number of nitrogens with two attached hydrogens (primary N) is 1. The second-order valence-corrected chi connectivity index (χ2v) is 5.01. The molecule has 1 aromatic heterocycles. The predicted molar refractivity (Wildman–Crippen MR) is 63.1 cm³/mol. The molecule has 16 heavy (non-hydrogen) atoms. The quantitative estimate of drug-likeness (QED) is 0.795. The summed E-state index contributed by atoms with van der Waals surface area (Å²) in [4.78, 5) is 0. The lowest BCUT2D eigenvalue weighted by Gasteiger charge is -2.22. The van der Waals surface area contributed by atoms with Gasteiger partial charge < -0.3 is 10.8 Å². The Hall–Kier alpha value is -0.870. The molecule has 0 amide bonds. The molecule has 2 atom stereocenters. The number of aryl methyl sites for hydroxylation is 2. The molecule has 90 valence electrons. The Morgan fingerprint density at radius 1 is 1.69 bits per heavy atom. The Bertz CT molecular complexity index is 374. The van der Waals surface area contributed by atoms with Crippen LogP contribution in [-0.2, 0) is 19.9 Å². The summed E-state index contributed by atoms with van der Waals surface area (Å²) in [6, 6.07) is 2.24. The highest BCUT2D eigenvalue weighted by molar-refractivity contribution is 5.14. The number of nitrogens with zero attached hydrogens (tertiary/aromatic N) is 2. The zero-order valence-electron chi connectivity index (χ0n) is 10.1. The fourth-order valence-corrected chi connectivity index (χ4v) is 2.55. The highest BCUT2D eigenvalue weighted by Gasteiger charge is 2.36. The number of hydrogen-bond donors (Lipinski definition) is 2. The minimum absolute atomic E-state index is 0.156. The molecule has 0 aromatic carbocycles. The monoisotopic (exact) mass is 223 g/mol. The highest BCUT2D eigenvalue weighted by Crippen LogP contribution is 2.32. The molecule has 1 heterocycles. The third kappa shape index (κ3) is 2.28. The van der Waals surface area contributed by atoms with E-state index >= 15 is 0 Å². The molecule has 4 heteroatoms. The standard InChI is InChI=1S/C12H21N3O/c1-3-10-6-11(15(2)14-10)8-12(16)5-4-9(13)7-12/h6,9,16H,3-5,7-8,13H2,1-2H3. The van der Waals surface area contributed by atoms with E-state index in [1.807, 2.05) is 11.7 Å². The van der Waals surface area contributed by atoms with Crippen molar-refractivity contribution in [1.29, 1.82) is 0 Å². The molecule has 3 N–H and O–H groups in total. The van der Waals surface area contributed by atoms with E-state index in [0.717, 1.165) is 30.7 Å². The van der Waals surface area contributed by atoms with Gasteiger partial charge in [-0.1, -0.05) is 6.92 Å². The number of aromatic nitrogens is 2. The summed E-state index contributed by atoms with van der Waals surface area (Å²) in [7, 11) is 1.94. The van der Waals surface area contributed by atoms with Crippen LogP contribution < -0.4 is 5.73 Å². The molecule has 1 aromatic rings. The average Bonchev–Trinajstić information content (AvgIpc) is 2.72. The lowest BCUT2D eigenvalue weighted by Crippen LogP contribution is -2.31. The van der Waals surface area contributed by atoms with Crippen LogP contribution in [0.5, 0.6) is 0 Å². The van der Waals surface area contributed by atoms with E-state index < -0.39 is 5.60 Å². The Balaban J connectivity index is 2.11. The smallest absolute Gasteiger partial charge is 0.0718 e. The second kappa shape index (κ2) is 4.18. The zero-order chi connectivity index (χ0) is 11.8. The average molecular weight is 223 g/mol. The van der Waals surface area contributed by atoms with Crippen LogP contribution in [0, 0.1) is 0 Å². The maximum Gasteiger partial charge on any atom is 0.0718 e. The van der Waals surface area contributed by atoms with Gasteiger partial charge in [0.1, 0.15) is 0 Å². The van der Waals surface area contributed by atoms with Crippen LogP contribution in [-0.4, -0.2) is 26.5 Å². The predicted octanol–water partition coefficient (Wildman–Crippen LogP) is 0.767. The van der Waals surface area contributed by atoms with E-state index in [4.69, 9.17) is 5.73 Å². The van der Waals surface area contributed by atoms with Crippen LogP contribution in [0.25, 0.3) is 0 Å². The minimum atomic E-state index is -0.613. The maximum atomic E-state index is 10.4. The van der Waals surface area contributed by atoms with Crippen molar-refractivity contribution in [1.82, 2.24) is 9.78 Å². The first-order chi connectivity index (χ1) is 7.52. The topological polar surface area (TPSA) is 64.1 Å². The molecule has 0 radical (unpaired) electrons. The third-order valence-electron chi connectivity index (χ3n) is 3.52. The molecule has 2 rings (SSSR count). The summed E-state index contributed by atoms with van der Waals surface area (Å²) in [5.41, 5.74) is 7.43. The van der Waals surface area contributed by atoms with Crippen LogP contribution in [0.2, 0.25) is 0 Å². The molecule has 1 fully saturated rings. The lowest BCUT2D eigenvalue weighted by molar-refractivity contribution is 0.0450. The maximum absolute atomic E-state index is 10.4. The van der Waals surface area contributed by atoms with Crippen molar-refractivity contribution in [3.8, 4) is 0 Å². The first-order valence-corrected chi connectivity index (χ1v) is 6.02. The van der Waals surface area contributed by atoms with Crippen molar-refractivity contribution in [2.75, 3.05) is 0 Å². The Labute approximate surface area is 96.5 Å². The third-order valence-corrected chi connectivity index (χ3v) is 3.52. The lowest BCUT2D eigenvalue weighted by atomic mass is 9.95. The molecule has 0 spiro atoms. The van der Waals surface area contributed by atoms with Crippen molar-refractivity contribution in [2.24, 2.45) is 12.8 Å². The van der Waals surface area contributed by atoms with Crippen LogP contribution in [0.1, 0.15) is 37.6 Å². The van der Waals surface area contributed by atoms with Gasteiger partial charge in [0.2, 0.25) is 0 Å². The molecule has 0 saturated heterocycles. The van der Waals surface area contributed by atoms with Gasteiger partial charge in [0, 0.05) is 25.2 Å². The molecular weight excluding hydrogens is 202 g/mol. The van der Waals surface area contributed by atoms with Gasteiger partial charge in [-0.15, -0.1) is 0 Å². The Morgan fingerprint density at radius 3 is 2.94 bits per heavy atom. The van der Waals surface area contributed by atoms with Crippen LogP contribution >= 0.6 is 0 Å². The summed E-state index contributed by atoms with van der Waals surface area (Å²) in [5, 5.41) is 14.8. The molecule has 2 unspecified atom stereocenters. The van der Waals surface area contributed by atoms with Gasteiger partial charge in [-0.05, 0) is 31.7 Å². The van der Waals surface area contributed by atoms with Crippen LogP contribution in [0.3, 0.4) is 0 Å². The SMILES string of the molecule is CCc1cc(CC2(O)CCC(N)C2)n(C)n1. The fraction of sp³-hybridized carbons (Fsp3) is 0.750. The first-order valence-electron chi connectivity index (χ1n) is 6.02. The van der Waals surface area contributed by atoms with Crippen LogP contribution in [0.4, 0.5) is 0 Å². The molecule has 0 aliphatic heterocycles. The van der Waals surface area contributed by atoms with E-state index in [9.17, 15) is 5.11 Å². The number of hydrogen-bond acceptors (Lipinski definition) is 3. The highest BCUT2D eigenvalue weighted by atomic mass is 16.3. The molecular formula is C12H21N3O. The van der Waals surface area contributed by atoms with Crippen molar-refractivity contribution >= 4 is 0 Å². The Morgan fingerprint density at radius 2 is 2.44 bits per heavy atom. The van der Waals surface area contributed by atoms with Gasteiger partial charge in [-0.2, -0.15) is 5.10 Å². The van der Waals surface area contributed by atoms with E-state index in [-0.39, 0.29) is 6.04 Å². The summed E-state index contributed by atoms with van der Waals surface area (Å²) in [5.74, 6) is 0. The van der Waals surface area contributed by atoms with Crippen molar-refractivity contribution < 1.29 is 5.11 Å². The van der Waals surface area contributed by atoms with E-state index in [2.05, 4.69) is 18.1 Å². The van der Waals surface area contributed by atoms with E-state index in [0.29, 0.717) is 12.8 Å². The molecule has 4 nitrogen and oxygen atoms in total. The second-order valence-electron chi connectivity index (χ2n) is 5.01. The van der Waals surface area contributed by atoms with E-state index in [1.165, 1.54) is 0 Å². The molecule has 1 saturated carbocycles. The number of rotatable bonds is 3. The summed E-state index contributed by atoms with van der Waals surface area (Å²) < 4.78 is 1.88. The van der Waals surface area contributed by atoms with Gasteiger partial charge >= 0.3 is 0 Å². The largest absolute Gasteiger partial charge is 0.389 e. The summed E-state index contributed by atoms with van der Waals surface area (Å²) >= 11 is 0. The van der Waals surface area contributed by atoms with Gasteiger partial charge in [0.15, 0.2) is 0 Å². The molecule has 0 bridgehead atoms. The van der Waals surface area contributed by atoms with Crippen molar-refractivity contribution in [3.63, 3.8) is 0 Å². The van der Waals surface area contributed by atoms with E-state index in [1.54, 1.807) is 0 Å². The van der Waals surface area contributed by atoms with Gasteiger partial charge in [-0.25, -0.2) is 0 Å². The Kier molecular flexibility index (Phi) is 3.04. The molecule has 1 aliphatic carbocycles. The normalized spacial score (nSPS) is 29.9. The van der Waals surface area contributed by atoms with Crippen molar-refractivity contribution in [3.05, 3.63) is 17.5 Å². The van der Waals surface area contributed by atoms with Gasteiger partial charge in [0.25, 0.3) is 0 Å². The first kappa shape index (κ1) is 11.6. The van der Waals surface area contributed by atoms with Crippen molar-refractivity contribution in [2.45, 2.75) is 50.7 Å². The zero-order valence-corrected chi connectivity index (χ0v) is 10.1. The fourth-order valence-electron chi connectivity index (χ4n) is 2.55. The summed E-state index contributed by atoms with van der Waals surface area (Å²) in [6.07, 6.45) is 4.05. The van der Waals surface area contributed by atoms with Gasteiger partial charge in [0.05, 0.1) is 11.3 Å². The molecule has 1 aliphatic rings. The van der Waals surface area contributed by atoms with Crippen LogP contribution in [0.15, 0.2) is 6.07 Å². The van der Waals surface area contributed by atoms with Gasteiger partial charge in [-0.3, -0.25) is 4.68 Å². The minimum Gasteiger partial charge on any atom is -0.389 e. The number of aliphatic hydroxyl groups is 1.